The van der Waals surface area contributed by atoms with E-state index in [1.165, 1.54) is 0 Å². The molecule has 0 aliphatic carbocycles. The van der Waals surface area contributed by atoms with Crippen molar-refractivity contribution < 1.29 is 9.90 Å². The van der Waals surface area contributed by atoms with Gasteiger partial charge in [0.15, 0.2) is 0 Å². The van der Waals surface area contributed by atoms with Crippen LogP contribution in [0.15, 0.2) is 60.8 Å². The van der Waals surface area contributed by atoms with Gasteiger partial charge in [-0.1, -0.05) is 49.7 Å². The highest BCUT2D eigenvalue weighted by Crippen LogP contribution is 2.24. The molecule has 1 atom stereocenters. The first kappa shape index (κ1) is 18.9. The number of aliphatic hydroxyl groups is 1. The van der Waals surface area contributed by atoms with E-state index in [0.717, 1.165) is 35.2 Å². The second-order valence-corrected chi connectivity index (χ2v) is 6.75. The zero-order valence-corrected chi connectivity index (χ0v) is 15.7. The quantitative estimate of drug-likeness (QED) is 0.661. The largest absolute Gasteiger partial charge is 0.388 e. The number of hydrogen-bond donors (Lipinski definition) is 2. The minimum absolute atomic E-state index is 0.0332. The third-order valence-electron chi connectivity index (χ3n) is 4.64. The van der Waals surface area contributed by atoms with E-state index in [2.05, 4.69) is 17.1 Å². The number of rotatable bonds is 7. The Bertz CT molecular complexity index is 856. The van der Waals surface area contributed by atoms with E-state index in [-0.39, 0.29) is 5.91 Å². The molecule has 0 saturated heterocycles. The number of aliphatic hydroxyl groups excluding tert-OH is 1. The Balaban J connectivity index is 1.68. The van der Waals surface area contributed by atoms with Gasteiger partial charge in [-0.05, 0) is 41.3 Å². The van der Waals surface area contributed by atoms with Crippen molar-refractivity contribution in [1.82, 2.24) is 15.1 Å². The smallest absolute Gasteiger partial charge is 0.253 e. The number of amides is 1. The molecule has 1 aromatic heterocycles. The van der Waals surface area contributed by atoms with Crippen LogP contribution in [0.1, 0.15) is 47.5 Å². The minimum Gasteiger partial charge on any atom is -0.388 e. The van der Waals surface area contributed by atoms with Gasteiger partial charge in [0.1, 0.15) is 0 Å². The molecule has 2 N–H and O–H groups in total. The average Bonchev–Trinajstić information content (AvgIpc) is 3.21. The first-order valence-corrected chi connectivity index (χ1v) is 9.20. The van der Waals surface area contributed by atoms with E-state index in [9.17, 15) is 9.90 Å². The number of H-pyrrole nitrogens is 1. The lowest BCUT2D eigenvalue weighted by Crippen LogP contribution is -2.26. The van der Waals surface area contributed by atoms with Crippen molar-refractivity contribution >= 4 is 5.91 Å². The summed E-state index contributed by atoms with van der Waals surface area (Å²) in [6.07, 6.45) is 2.99. The summed E-state index contributed by atoms with van der Waals surface area (Å²) in [5.41, 5.74) is 4.59. The molecule has 3 aromatic rings. The molecule has 0 fully saturated rings. The summed E-state index contributed by atoms with van der Waals surface area (Å²) in [6.45, 7) is 2.55. The lowest BCUT2D eigenvalue weighted by Gasteiger charge is -2.16. The fraction of sp³-hybridized carbons (Fsp3) is 0.273. The van der Waals surface area contributed by atoms with Gasteiger partial charge in [-0.2, -0.15) is 5.10 Å². The maximum atomic E-state index is 12.6. The maximum Gasteiger partial charge on any atom is 0.253 e. The third-order valence-corrected chi connectivity index (χ3v) is 4.64. The van der Waals surface area contributed by atoms with Gasteiger partial charge in [0.2, 0.25) is 0 Å². The number of carbonyl (C=O) groups is 1. The van der Waals surface area contributed by atoms with Gasteiger partial charge in [-0.15, -0.1) is 0 Å². The van der Waals surface area contributed by atoms with E-state index in [1.807, 2.05) is 54.6 Å². The van der Waals surface area contributed by atoms with Crippen LogP contribution in [0.5, 0.6) is 0 Å². The summed E-state index contributed by atoms with van der Waals surface area (Å²) < 4.78 is 0. The van der Waals surface area contributed by atoms with Gasteiger partial charge in [-0.3, -0.25) is 9.89 Å². The SMILES string of the molecule is CCCC(O)c1ccc(-c2ccc(C(=O)N(C)Cc3ccn[nH]3)cc2)cc1. The van der Waals surface area contributed by atoms with Gasteiger partial charge in [-0.25, -0.2) is 0 Å². The summed E-state index contributed by atoms with van der Waals surface area (Å²) in [7, 11) is 1.78. The molecule has 0 spiro atoms. The average molecular weight is 363 g/mol. The number of nitrogens with one attached hydrogen (secondary N) is 1. The fourth-order valence-electron chi connectivity index (χ4n) is 3.06. The summed E-state index contributed by atoms with van der Waals surface area (Å²) in [6, 6.07) is 17.4. The van der Waals surface area contributed by atoms with Gasteiger partial charge in [0.05, 0.1) is 18.3 Å². The molecule has 3 rings (SSSR count). The van der Waals surface area contributed by atoms with Gasteiger partial charge in [0.25, 0.3) is 5.91 Å². The van der Waals surface area contributed by atoms with E-state index in [1.54, 1.807) is 18.1 Å². The predicted octanol–water partition coefficient (Wildman–Crippen LogP) is 4.18. The Labute approximate surface area is 159 Å². The molecule has 1 amide bonds. The van der Waals surface area contributed by atoms with Crippen LogP contribution >= 0.6 is 0 Å². The predicted molar refractivity (Wildman–Crippen MR) is 106 cm³/mol. The normalized spacial score (nSPS) is 12.0. The van der Waals surface area contributed by atoms with Gasteiger partial charge >= 0.3 is 0 Å². The number of hydrogen-bond acceptors (Lipinski definition) is 3. The summed E-state index contributed by atoms with van der Waals surface area (Å²) in [5.74, 6) is -0.0332. The second-order valence-electron chi connectivity index (χ2n) is 6.75. The molecule has 0 saturated carbocycles. The highest BCUT2D eigenvalue weighted by molar-refractivity contribution is 5.94. The number of benzene rings is 2. The molecule has 5 heteroatoms. The molecule has 5 nitrogen and oxygen atoms in total. The first-order valence-electron chi connectivity index (χ1n) is 9.20. The second kappa shape index (κ2) is 8.64. The summed E-state index contributed by atoms with van der Waals surface area (Å²) in [4.78, 5) is 14.2. The fourth-order valence-corrected chi connectivity index (χ4v) is 3.06. The summed E-state index contributed by atoms with van der Waals surface area (Å²) >= 11 is 0. The van der Waals surface area contributed by atoms with Crippen molar-refractivity contribution in [3.8, 4) is 11.1 Å². The Kier molecular flexibility index (Phi) is 6.04. The van der Waals surface area contributed by atoms with Gasteiger partial charge < -0.3 is 10.0 Å². The molecule has 2 aromatic carbocycles. The first-order chi connectivity index (χ1) is 13.1. The van der Waals surface area contributed by atoms with Gasteiger partial charge in [0, 0.05) is 18.8 Å². The zero-order chi connectivity index (χ0) is 19.2. The van der Waals surface area contributed by atoms with E-state index >= 15 is 0 Å². The Morgan fingerprint density at radius 2 is 1.70 bits per heavy atom. The number of carbonyl (C=O) groups excluding carboxylic acids is 1. The minimum atomic E-state index is -0.408. The highest BCUT2D eigenvalue weighted by Gasteiger charge is 2.13. The van der Waals surface area contributed by atoms with E-state index in [4.69, 9.17) is 0 Å². The van der Waals surface area contributed by atoms with Crippen molar-refractivity contribution in [2.75, 3.05) is 7.05 Å². The molecule has 27 heavy (non-hydrogen) atoms. The Hall–Kier alpha value is -2.92. The highest BCUT2D eigenvalue weighted by atomic mass is 16.3. The van der Waals surface area contributed by atoms with E-state index in [0.29, 0.717) is 12.1 Å². The van der Waals surface area contributed by atoms with Crippen LogP contribution in [0.4, 0.5) is 0 Å². The molecule has 1 unspecified atom stereocenters. The molecular weight excluding hydrogens is 338 g/mol. The molecule has 0 bridgehead atoms. The molecule has 140 valence electrons. The maximum absolute atomic E-state index is 12.6. The molecule has 0 radical (unpaired) electrons. The van der Waals surface area contributed by atoms with Crippen molar-refractivity contribution in [2.45, 2.75) is 32.4 Å². The Morgan fingerprint density at radius 1 is 1.07 bits per heavy atom. The van der Waals surface area contributed by atoms with Crippen LogP contribution in [-0.4, -0.2) is 33.2 Å². The van der Waals surface area contributed by atoms with Crippen LogP contribution in [0.2, 0.25) is 0 Å². The van der Waals surface area contributed by atoms with Crippen LogP contribution in [0, 0.1) is 0 Å². The van der Waals surface area contributed by atoms with E-state index < -0.39 is 6.10 Å². The molecular formula is C22H25N3O2. The Morgan fingerprint density at radius 3 is 2.26 bits per heavy atom. The van der Waals surface area contributed by atoms with Crippen molar-refractivity contribution in [3.63, 3.8) is 0 Å². The van der Waals surface area contributed by atoms with Crippen LogP contribution in [0.25, 0.3) is 11.1 Å². The number of aromatic amines is 1. The number of nitrogens with zero attached hydrogens (tertiary/aromatic N) is 2. The molecule has 0 aliphatic heterocycles. The van der Waals surface area contributed by atoms with Crippen molar-refractivity contribution in [2.24, 2.45) is 0 Å². The van der Waals surface area contributed by atoms with Crippen LogP contribution in [0.3, 0.4) is 0 Å². The number of aromatic nitrogens is 2. The third kappa shape index (κ3) is 4.63. The van der Waals surface area contributed by atoms with Crippen molar-refractivity contribution in [1.29, 1.82) is 0 Å². The summed E-state index contributed by atoms with van der Waals surface area (Å²) in [5, 5.41) is 16.8. The standard InChI is InChI=1S/C22H25N3O2/c1-3-4-21(26)18-9-5-16(6-10-18)17-7-11-19(12-8-17)22(27)25(2)15-20-13-14-23-24-20/h5-14,21,26H,3-4,15H2,1-2H3,(H,23,24). The topological polar surface area (TPSA) is 69.2 Å². The van der Waals surface area contributed by atoms with Crippen LogP contribution in [-0.2, 0) is 6.54 Å². The van der Waals surface area contributed by atoms with Crippen LogP contribution < -0.4 is 0 Å². The monoisotopic (exact) mass is 363 g/mol. The zero-order valence-electron chi connectivity index (χ0n) is 15.7. The molecule has 1 heterocycles. The lowest BCUT2D eigenvalue weighted by molar-refractivity contribution is 0.0783. The lowest BCUT2D eigenvalue weighted by atomic mass is 9.99. The van der Waals surface area contributed by atoms with Crippen molar-refractivity contribution in [3.05, 3.63) is 77.6 Å². The molecule has 0 aliphatic rings.